The zero-order valence-electron chi connectivity index (χ0n) is 13.6. The van der Waals surface area contributed by atoms with E-state index in [2.05, 4.69) is 29.7 Å². The van der Waals surface area contributed by atoms with E-state index in [1.54, 1.807) is 6.26 Å². The van der Waals surface area contributed by atoms with Crippen LogP contribution in [0.5, 0.6) is 0 Å². The molecule has 1 unspecified atom stereocenters. The molecule has 5 heteroatoms. The summed E-state index contributed by atoms with van der Waals surface area (Å²) < 4.78 is 5.48. The minimum Gasteiger partial charge on any atom is -0.465 e. The van der Waals surface area contributed by atoms with Gasteiger partial charge in [0.1, 0.15) is 5.76 Å². The molecule has 2 aromatic rings. The van der Waals surface area contributed by atoms with Gasteiger partial charge in [-0.05, 0) is 50.1 Å². The van der Waals surface area contributed by atoms with Gasteiger partial charge in [-0.25, -0.2) is 0 Å². The number of carbonyl (C=O) groups excluding carboxylic acids is 1. The summed E-state index contributed by atoms with van der Waals surface area (Å²) in [6.45, 7) is 6.85. The highest BCUT2D eigenvalue weighted by molar-refractivity contribution is 6.09. The predicted molar refractivity (Wildman–Crippen MR) is 90.8 cm³/mol. The smallest absolute Gasteiger partial charge is 0.237 e. The van der Waals surface area contributed by atoms with Crippen LogP contribution in [-0.4, -0.2) is 12.5 Å². The Balaban J connectivity index is 1.75. The number of amides is 1. The number of hydrogen-bond donors (Lipinski definition) is 2. The summed E-state index contributed by atoms with van der Waals surface area (Å²) in [5.41, 5.74) is 3.66. The lowest BCUT2D eigenvalue weighted by Crippen LogP contribution is -2.36. The average molecular weight is 311 g/mol. The van der Waals surface area contributed by atoms with E-state index in [4.69, 9.17) is 4.42 Å². The Bertz CT molecular complexity index is 765. The number of benzene rings is 1. The second-order valence-corrected chi connectivity index (χ2v) is 6.73. The van der Waals surface area contributed by atoms with Gasteiger partial charge in [0, 0.05) is 6.54 Å². The molecule has 0 aliphatic carbocycles. The molecule has 1 atom stereocenters. The molecule has 0 fully saturated rings. The van der Waals surface area contributed by atoms with Crippen molar-refractivity contribution in [2.24, 2.45) is 0 Å². The molecule has 0 radical (unpaired) electrons. The zero-order valence-corrected chi connectivity index (χ0v) is 13.6. The van der Waals surface area contributed by atoms with E-state index in [1.165, 1.54) is 0 Å². The third-order valence-electron chi connectivity index (χ3n) is 4.75. The highest BCUT2D eigenvalue weighted by Gasteiger charge is 2.44. The third kappa shape index (κ3) is 1.96. The van der Waals surface area contributed by atoms with Crippen molar-refractivity contribution in [1.82, 2.24) is 0 Å². The molecule has 2 N–H and O–H groups in total. The highest BCUT2D eigenvalue weighted by atomic mass is 16.3. The molecule has 3 heterocycles. The summed E-state index contributed by atoms with van der Waals surface area (Å²) in [5, 5.41) is 6.86. The number of rotatable bonds is 3. The summed E-state index contributed by atoms with van der Waals surface area (Å²) in [6.07, 6.45) is 2.55. The fourth-order valence-corrected chi connectivity index (χ4v) is 3.50. The standard InChI is InChI=1S/C18H21N3O2/c1-4-7-21-14-10-13-12(9-11(14)18(2,3)17(21)22)19-16(20-13)15-6-5-8-23-15/h5-6,8-10,16,19-20H,4,7H2,1-3H3. The minimum absolute atomic E-state index is 0.0686. The number of furan rings is 1. The summed E-state index contributed by atoms with van der Waals surface area (Å²) in [4.78, 5) is 14.6. The molecule has 120 valence electrons. The van der Waals surface area contributed by atoms with Crippen LogP contribution in [0.4, 0.5) is 17.1 Å². The van der Waals surface area contributed by atoms with Crippen molar-refractivity contribution in [3.63, 3.8) is 0 Å². The lowest BCUT2D eigenvalue weighted by atomic mass is 9.86. The predicted octanol–water partition coefficient (Wildman–Crippen LogP) is 3.85. The monoisotopic (exact) mass is 311 g/mol. The van der Waals surface area contributed by atoms with Crippen LogP contribution < -0.4 is 15.5 Å². The Morgan fingerprint density at radius 2 is 2.00 bits per heavy atom. The number of nitrogens with one attached hydrogen (secondary N) is 2. The first kappa shape index (κ1) is 14.2. The van der Waals surface area contributed by atoms with Gasteiger partial charge < -0.3 is 20.0 Å². The topological polar surface area (TPSA) is 57.5 Å². The highest BCUT2D eigenvalue weighted by Crippen LogP contribution is 2.48. The van der Waals surface area contributed by atoms with Gasteiger partial charge in [-0.2, -0.15) is 0 Å². The van der Waals surface area contributed by atoms with Crippen molar-refractivity contribution in [2.75, 3.05) is 22.1 Å². The Labute approximate surface area is 135 Å². The molecule has 4 rings (SSSR count). The van der Waals surface area contributed by atoms with Gasteiger partial charge in [-0.15, -0.1) is 0 Å². The van der Waals surface area contributed by atoms with E-state index in [9.17, 15) is 4.79 Å². The van der Waals surface area contributed by atoms with E-state index in [0.717, 1.165) is 41.4 Å². The maximum absolute atomic E-state index is 12.7. The first-order valence-corrected chi connectivity index (χ1v) is 8.09. The second-order valence-electron chi connectivity index (χ2n) is 6.73. The van der Waals surface area contributed by atoms with Crippen LogP contribution in [0.1, 0.15) is 44.7 Å². The summed E-state index contributed by atoms with van der Waals surface area (Å²) in [5.74, 6) is 1.03. The molecule has 0 saturated heterocycles. The van der Waals surface area contributed by atoms with Crippen LogP contribution in [0.2, 0.25) is 0 Å². The number of anilines is 3. The fourth-order valence-electron chi connectivity index (χ4n) is 3.50. The lowest BCUT2D eigenvalue weighted by Gasteiger charge is -2.19. The van der Waals surface area contributed by atoms with E-state index in [0.29, 0.717) is 0 Å². The SMILES string of the molecule is CCCN1C(=O)C(C)(C)c2cc3c(cc21)NC(c1ccco1)N3. The first-order valence-electron chi connectivity index (χ1n) is 8.09. The number of fused-ring (bicyclic) bond motifs is 2. The van der Waals surface area contributed by atoms with Gasteiger partial charge in [0.2, 0.25) is 5.91 Å². The van der Waals surface area contributed by atoms with E-state index >= 15 is 0 Å². The summed E-state index contributed by atoms with van der Waals surface area (Å²) >= 11 is 0. The maximum Gasteiger partial charge on any atom is 0.237 e. The molecule has 0 spiro atoms. The maximum atomic E-state index is 12.7. The average Bonchev–Trinajstić information content (AvgIpc) is 3.21. The Morgan fingerprint density at radius 3 is 2.65 bits per heavy atom. The van der Waals surface area contributed by atoms with Crippen LogP contribution in [0.15, 0.2) is 34.9 Å². The molecular formula is C18H21N3O2. The molecule has 1 amide bonds. The minimum atomic E-state index is -0.482. The number of hydrogen-bond acceptors (Lipinski definition) is 4. The Hall–Kier alpha value is -2.43. The summed E-state index contributed by atoms with van der Waals surface area (Å²) in [7, 11) is 0. The largest absolute Gasteiger partial charge is 0.465 e. The van der Waals surface area contributed by atoms with Crippen LogP contribution in [-0.2, 0) is 10.2 Å². The van der Waals surface area contributed by atoms with Gasteiger partial charge in [0.25, 0.3) is 0 Å². The van der Waals surface area contributed by atoms with Crippen LogP contribution >= 0.6 is 0 Å². The van der Waals surface area contributed by atoms with Gasteiger partial charge in [0.05, 0.1) is 28.7 Å². The molecule has 1 aromatic carbocycles. The second kappa shape index (κ2) is 4.78. The van der Waals surface area contributed by atoms with Crippen molar-refractivity contribution in [3.8, 4) is 0 Å². The van der Waals surface area contributed by atoms with Crippen molar-refractivity contribution in [3.05, 3.63) is 41.9 Å². The number of carbonyl (C=O) groups is 1. The van der Waals surface area contributed by atoms with Gasteiger partial charge in [-0.3, -0.25) is 4.79 Å². The van der Waals surface area contributed by atoms with Gasteiger partial charge in [-0.1, -0.05) is 6.92 Å². The Kier molecular flexibility index (Phi) is 2.95. The van der Waals surface area contributed by atoms with E-state index in [-0.39, 0.29) is 12.1 Å². The molecule has 0 bridgehead atoms. The van der Waals surface area contributed by atoms with Gasteiger partial charge >= 0.3 is 0 Å². The van der Waals surface area contributed by atoms with Gasteiger partial charge in [0.15, 0.2) is 6.17 Å². The molecular weight excluding hydrogens is 290 g/mol. The molecule has 2 aliphatic heterocycles. The van der Waals surface area contributed by atoms with Crippen LogP contribution in [0, 0.1) is 0 Å². The lowest BCUT2D eigenvalue weighted by molar-refractivity contribution is -0.122. The van der Waals surface area contributed by atoms with Crippen molar-refractivity contribution in [2.45, 2.75) is 38.8 Å². The molecule has 2 aliphatic rings. The quantitative estimate of drug-likeness (QED) is 0.904. The summed E-state index contributed by atoms with van der Waals surface area (Å²) in [6, 6.07) is 8.02. The van der Waals surface area contributed by atoms with Crippen molar-refractivity contribution in [1.29, 1.82) is 0 Å². The zero-order chi connectivity index (χ0) is 16.2. The normalized spacial score (nSPS) is 20.9. The third-order valence-corrected chi connectivity index (χ3v) is 4.75. The fraction of sp³-hybridized carbons (Fsp3) is 0.389. The first-order chi connectivity index (χ1) is 11.0. The number of nitrogens with zero attached hydrogens (tertiary/aromatic N) is 1. The van der Waals surface area contributed by atoms with E-state index < -0.39 is 5.41 Å². The van der Waals surface area contributed by atoms with Crippen molar-refractivity contribution < 1.29 is 9.21 Å². The molecule has 5 nitrogen and oxygen atoms in total. The Morgan fingerprint density at radius 1 is 1.26 bits per heavy atom. The molecule has 1 aromatic heterocycles. The van der Waals surface area contributed by atoms with Crippen LogP contribution in [0.3, 0.4) is 0 Å². The van der Waals surface area contributed by atoms with Crippen molar-refractivity contribution >= 4 is 23.0 Å². The molecule has 0 saturated carbocycles. The van der Waals surface area contributed by atoms with Crippen LogP contribution in [0.25, 0.3) is 0 Å². The van der Waals surface area contributed by atoms with E-state index in [1.807, 2.05) is 30.9 Å². The molecule has 23 heavy (non-hydrogen) atoms.